The van der Waals surface area contributed by atoms with Crippen molar-refractivity contribution in [3.8, 4) is 0 Å². The molecule has 0 saturated carbocycles. The summed E-state index contributed by atoms with van der Waals surface area (Å²) in [5.41, 5.74) is -0.296. The zero-order valence-corrected chi connectivity index (χ0v) is 12.4. The Kier molecular flexibility index (Phi) is 6.85. The van der Waals surface area contributed by atoms with Gasteiger partial charge in [-0.3, -0.25) is 14.7 Å². The Morgan fingerprint density at radius 2 is 2.10 bits per heavy atom. The van der Waals surface area contributed by atoms with Crippen molar-refractivity contribution in [1.29, 1.82) is 0 Å². The monoisotopic (exact) mass is 301 g/mol. The number of carbonyl (C=O) groups is 2. The molecule has 112 valence electrons. The molecule has 0 bridgehead atoms. The lowest BCUT2D eigenvalue weighted by Crippen LogP contribution is -2.40. The van der Waals surface area contributed by atoms with Crippen molar-refractivity contribution < 1.29 is 9.59 Å². The highest BCUT2D eigenvalue weighted by atomic mass is 32.2. The number of hydrogen-bond acceptors (Lipinski definition) is 5. The van der Waals surface area contributed by atoms with E-state index in [0.717, 1.165) is 24.6 Å². The number of urea groups is 1. The summed E-state index contributed by atoms with van der Waals surface area (Å²) in [7, 11) is 0. The predicted molar refractivity (Wildman–Crippen MR) is 75.7 cm³/mol. The third-order valence-corrected chi connectivity index (χ3v) is 3.27. The fourth-order valence-corrected chi connectivity index (χ4v) is 2.18. The van der Waals surface area contributed by atoms with Gasteiger partial charge in [-0.1, -0.05) is 25.6 Å². The van der Waals surface area contributed by atoms with Crippen molar-refractivity contribution in [2.45, 2.75) is 38.4 Å². The first-order chi connectivity index (χ1) is 9.58. The van der Waals surface area contributed by atoms with Crippen LogP contribution in [0.2, 0.25) is 0 Å². The zero-order chi connectivity index (χ0) is 15.0. The number of rotatable bonds is 7. The number of thioether (sulfide) groups is 1. The van der Waals surface area contributed by atoms with Gasteiger partial charge in [0.05, 0.1) is 5.75 Å². The average molecular weight is 301 g/mol. The van der Waals surface area contributed by atoms with Crippen LogP contribution in [0.1, 0.15) is 26.7 Å². The number of aromatic amines is 1. The van der Waals surface area contributed by atoms with E-state index in [1.807, 2.05) is 13.8 Å². The molecule has 1 heterocycles. The van der Waals surface area contributed by atoms with Gasteiger partial charge in [0.1, 0.15) is 0 Å². The molecule has 0 aromatic carbocycles. The average Bonchev–Trinajstić information content (AvgIpc) is 2.76. The van der Waals surface area contributed by atoms with Crippen LogP contribution in [-0.4, -0.2) is 39.0 Å². The minimum atomic E-state index is -0.509. The molecular formula is C11H19N5O3S. The highest BCUT2D eigenvalue weighted by molar-refractivity contribution is 7.99. The van der Waals surface area contributed by atoms with Crippen LogP contribution in [0.5, 0.6) is 0 Å². The van der Waals surface area contributed by atoms with Crippen LogP contribution in [0.4, 0.5) is 4.79 Å². The topological polar surface area (TPSA) is 109 Å². The van der Waals surface area contributed by atoms with E-state index in [1.54, 1.807) is 0 Å². The van der Waals surface area contributed by atoms with Gasteiger partial charge in [0.25, 0.3) is 0 Å². The first-order valence-electron chi connectivity index (χ1n) is 6.44. The Hall–Kier alpha value is -1.77. The minimum Gasteiger partial charge on any atom is -0.338 e. The summed E-state index contributed by atoms with van der Waals surface area (Å²) in [5.74, 6) is -0.407. The molecule has 9 heteroatoms. The Labute approximate surface area is 120 Å². The first kappa shape index (κ1) is 16.3. The summed E-state index contributed by atoms with van der Waals surface area (Å²) in [6.45, 7) is 4.92. The molecule has 0 radical (unpaired) electrons. The second-order valence-corrected chi connectivity index (χ2v) is 5.00. The summed E-state index contributed by atoms with van der Waals surface area (Å²) in [6, 6.07) is -0.509. The molecule has 0 unspecified atom stereocenters. The van der Waals surface area contributed by atoms with Crippen molar-refractivity contribution in [2.75, 3.05) is 12.3 Å². The van der Waals surface area contributed by atoms with Gasteiger partial charge in [0.15, 0.2) is 5.16 Å². The number of amides is 3. The predicted octanol–water partition coefficient (Wildman–Crippen LogP) is 0.309. The maximum absolute atomic E-state index is 11.5. The molecular weight excluding hydrogens is 282 g/mol. The molecule has 0 aliphatic rings. The molecule has 20 heavy (non-hydrogen) atoms. The van der Waals surface area contributed by atoms with Gasteiger partial charge in [-0.05, 0) is 12.8 Å². The summed E-state index contributed by atoms with van der Waals surface area (Å²) in [4.78, 5) is 34.3. The van der Waals surface area contributed by atoms with Gasteiger partial charge in [-0.15, -0.1) is 5.10 Å². The van der Waals surface area contributed by atoms with Crippen LogP contribution in [0.15, 0.2) is 9.95 Å². The Balaban J connectivity index is 2.45. The molecule has 0 aliphatic carbocycles. The zero-order valence-electron chi connectivity index (χ0n) is 11.6. The molecule has 1 aromatic heterocycles. The summed E-state index contributed by atoms with van der Waals surface area (Å²) >= 11 is 1.11. The maximum atomic E-state index is 11.5. The molecule has 1 rings (SSSR count). The van der Waals surface area contributed by atoms with Crippen molar-refractivity contribution in [2.24, 2.45) is 0 Å². The van der Waals surface area contributed by atoms with E-state index in [1.165, 1.54) is 4.57 Å². The van der Waals surface area contributed by atoms with E-state index < -0.39 is 11.9 Å². The SMILES string of the molecule is CCCNC(=O)NC(=O)CSc1n[nH]c(=O)n1CCC. The largest absolute Gasteiger partial charge is 0.343 e. The van der Waals surface area contributed by atoms with Crippen molar-refractivity contribution in [1.82, 2.24) is 25.4 Å². The van der Waals surface area contributed by atoms with Gasteiger partial charge in [0.2, 0.25) is 5.91 Å². The quantitative estimate of drug-likeness (QED) is 0.628. The fourth-order valence-electron chi connectivity index (χ4n) is 1.41. The lowest BCUT2D eigenvalue weighted by molar-refractivity contribution is -0.117. The molecule has 0 fully saturated rings. The molecule has 8 nitrogen and oxygen atoms in total. The normalized spacial score (nSPS) is 10.3. The number of carbonyl (C=O) groups excluding carboxylic acids is 2. The third kappa shape index (κ3) is 5.08. The van der Waals surface area contributed by atoms with E-state index in [9.17, 15) is 14.4 Å². The molecule has 3 amide bonds. The van der Waals surface area contributed by atoms with Crippen LogP contribution in [-0.2, 0) is 11.3 Å². The second-order valence-electron chi connectivity index (χ2n) is 4.06. The number of nitrogens with zero attached hydrogens (tertiary/aromatic N) is 2. The molecule has 1 aromatic rings. The second kappa shape index (κ2) is 8.41. The number of hydrogen-bond donors (Lipinski definition) is 3. The lowest BCUT2D eigenvalue weighted by atomic mass is 10.5. The van der Waals surface area contributed by atoms with E-state index >= 15 is 0 Å². The smallest absolute Gasteiger partial charge is 0.338 e. The standard InChI is InChI=1S/C11H19N5O3S/c1-3-5-12-9(18)13-8(17)7-20-11-15-14-10(19)16(11)6-4-2/h3-7H2,1-2H3,(H,14,19)(H2,12,13,17,18). The van der Waals surface area contributed by atoms with Crippen LogP contribution in [0.25, 0.3) is 0 Å². The van der Waals surface area contributed by atoms with Crippen molar-refractivity contribution in [3.63, 3.8) is 0 Å². The van der Waals surface area contributed by atoms with Crippen molar-refractivity contribution in [3.05, 3.63) is 10.5 Å². The van der Waals surface area contributed by atoms with Gasteiger partial charge < -0.3 is 5.32 Å². The van der Waals surface area contributed by atoms with Gasteiger partial charge in [-0.25, -0.2) is 14.7 Å². The minimum absolute atomic E-state index is 0.0214. The number of imide groups is 1. The van der Waals surface area contributed by atoms with E-state index in [4.69, 9.17) is 0 Å². The molecule has 3 N–H and O–H groups in total. The molecule has 0 aliphatic heterocycles. The molecule has 0 saturated heterocycles. The van der Waals surface area contributed by atoms with Crippen LogP contribution in [0.3, 0.4) is 0 Å². The van der Waals surface area contributed by atoms with Crippen LogP contribution < -0.4 is 16.3 Å². The van der Waals surface area contributed by atoms with Gasteiger partial charge >= 0.3 is 11.7 Å². The highest BCUT2D eigenvalue weighted by Crippen LogP contribution is 2.12. The highest BCUT2D eigenvalue weighted by Gasteiger charge is 2.12. The molecule has 0 spiro atoms. The summed E-state index contributed by atoms with van der Waals surface area (Å²) in [5, 5.41) is 11.4. The summed E-state index contributed by atoms with van der Waals surface area (Å²) in [6.07, 6.45) is 1.59. The Morgan fingerprint density at radius 3 is 2.75 bits per heavy atom. The third-order valence-electron chi connectivity index (χ3n) is 2.29. The summed E-state index contributed by atoms with van der Waals surface area (Å²) < 4.78 is 1.47. The van der Waals surface area contributed by atoms with Gasteiger partial charge in [-0.2, -0.15) is 0 Å². The first-order valence-corrected chi connectivity index (χ1v) is 7.42. The maximum Gasteiger partial charge on any atom is 0.343 e. The van der Waals surface area contributed by atoms with E-state index in [2.05, 4.69) is 20.8 Å². The molecule has 0 atom stereocenters. The van der Waals surface area contributed by atoms with Gasteiger partial charge in [0, 0.05) is 13.1 Å². The van der Waals surface area contributed by atoms with Crippen LogP contribution >= 0.6 is 11.8 Å². The Morgan fingerprint density at radius 1 is 1.35 bits per heavy atom. The number of nitrogens with one attached hydrogen (secondary N) is 3. The van der Waals surface area contributed by atoms with E-state index in [0.29, 0.717) is 18.2 Å². The Bertz CT molecular complexity index is 510. The fraction of sp³-hybridized carbons (Fsp3) is 0.636. The number of aromatic nitrogens is 3. The van der Waals surface area contributed by atoms with Crippen molar-refractivity contribution >= 4 is 23.7 Å². The van der Waals surface area contributed by atoms with E-state index in [-0.39, 0.29) is 11.4 Å². The lowest BCUT2D eigenvalue weighted by Gasteiger charge is -2.05. The van der Waals surface area contributed by atoms with Crippen LogP contribution in [0, 0.1) is 0 Å². The number of H-pyrrole nitrogens is 1.